The van der Waals surface area contributed by atoms with Crippen LogP contribution in [0, 0.1) is 6.92 Å². The van der Waals surface area contributed by atoms with Gasteiger partial charge in [0, 0.05) is 12.1 Å². The van der Waals surface area contributed by atoms with E-state index >= 15 is 0 Å². The number of nitrogen functional groups attached to an aromatic ring is 1. The van der Waals surface area contributed by atoms with Gasteiger partial charge in [0.05, 0.1) is 33.5 Å². The average molecular weight is 839 g/mol. The Labute approximate surface area is 332 Å². The molecule has 23 nitrogen and oxygen atoms in total. The summed E-state index contributed by atoms with van der Waals surface area (Å²) in [5.74, 6) is -3.33. The first-order chi connectivity index (χ1) is 24.6. The first-order valence-corrected chi connectivity index (χ1v) is 19.1. The summed E-state index contributed by atoms with van der Waals surface area (Å²) in [6.45, 7) is 1.74. The summed E-state index contributed by atoms with van der Waals surface area (Å²) in [5.41, 5.74) is 7.89. The number of amides is 1. The zero-order valence-electron chi connectivity index (χ0n) is 27.9. The fourth-order valence-electron chi connectivity index (χ4n) is 4.37. The van der Waals surface area contributed by atoms with Crippen LogP contribution in [0.4, 0.5) is 40.3 Å². The molecular weight excluding hydrogens is 813 g/mol. The van der Waals surface area contributed by atoms with E-state index in [-0.39, 0.29) is 75.1 Å². The summed E-state index contributed by atoms with van der Waals surface area (Å²) in [4.78, 5) is 35.6. The molecule has 0 unspecified atom stereocenters. The van der Waals surface area contributed by atoms with Gasteiger partial charge >= 0.3 is 40.0 Å². The Morgan fingerprint density at radius 3 is 2.07 bits per heavy atom. The number of nitrogens with one attached hydrogen (secondary N) is 1. The quantitative estimate of drug-likeness (QED) is 0.0545. The van der Waals surface area contributed by atoms with Gasteiger partial charge in [-0.2, -0.15) is 36.9 Å². The normalized spacial score (nSPS) is 12.2. The molecule has 54 heavy (non-hydrogen) atoms. The van der Waals surface area contributed by atoms with Crippen molar-refractivity contribution in [2.75, 3.05) is 23.4 Å². The van der Waals surface area contributed by atoms with Crippen LogP contribution in [0.2, 0.25) is 5.28 Å². The van der Waals surface area contributed by atoms with Crippen LogP contribution in [-0.4, -0.2) is 77.3 Å². The Bertz CT molecular complexity index is 2550. The van der Waals surface area contributed by atoms with E-state index in [0.29, 0.717) is 0 Å². The number of primary amides is 1. The van der Waals surface area contributed by atoms with E-state index in [2.05, 4.69) is 44.9 Å². The molecule has 0 aliphatic rings. The predicted octanol–water partition coefficient (Wildman–Crippen LogP) is -0.180. The van der Waals surface area contributed by atoms with E-state index in [1.165, 1.54) is 26.0 Å². The van der Waals surface area contributed by atoms with Gasteiger partial charge in [-0.25, -0.2) is 12.6 Å². The van der Waals surface area contributed by atoms with Crippen LogP contribution < -0.4 is 51.9 Å². The van der Waals surface area contributed by atoms with Gasteiger partial charge in [-0.1, -0.05) is 0 Å². The maximum absolute atomic E-state index is 13.2. The van der Waals surface area contributed by atoms with E-state index in [0.717, 1.165) is 28.8 Å². The van der Waals surface area contributed by atoms with Gasteiger partial charge in [0.1, 0.15) is 16.9 Å². The number of benzene rings is 2. The van der Waals surface area contributed by atoms with Crippen LogP contribution in [0.5, 0.6) is 5.88 Å². The van der Waals surface area contributed by atoms with Crippen LogP contribution in [0.3, 0.4) is 0 Å². The molecule has 0 saturated carbocycles. The molecule has 28 heteroatoms. The predicted molar refractivity (Wildman–Crippen MR) is 184 cm³/mol. The number of azo groups is 2. The number of aromatic hydroxyl groups is 1. The molecule has 4 aromatic rings. The van der Waals surface area contributed by atoms with Crippen LogP contribution >= 0.6 is 11.6 Å². The third-order valence-corrected chi connectivity index (χ3v) is 9.92. The Morgan fingerprint density at radius 1 is 0.963 bits per heavy atom. The maximum Gasteiger partial charge on any atom is 1.00 e. The number of halogens is 1. The molecule has 0 spiro atoms. The van der Waals surface area contributed by atoms with Gasteiger partial charge in [0.25, 0.3) is 21.6 Å². The van der Waals surface area contributed by atoms with Crippen molar-refractivity contribution >= 4 is 88.2 Å². The fourth-order valence-corrected chi connectivity index (χ4v) is 6.55. The number of hydrogen-bond acceptors (Lipinski definition) is 19. The summed E-state index contributed by atoms with van der Waals surface area (Å²) in [5, 5.41) is 28.7. The van der Waals surface area contributed by atoms with Crippen LogP contribution in [0.1, 0.15) is 22.8 Å². The Kier molecular flexibility index (Phi) is 14.1. The van der Waals surface area contributed by atoms with Crippen molar-refractivity contribution in [1.82, 2.24) is 19.5 Å². The third-order valence-electron chi connectivity index (χ3n) is 6.76. The molecule has 0 aliphatic heterocycles. The minimum atomic E-state index is -5.01. The third kappa shape index (κ3) is 10.8. The number of nitrogens with two attached hydrogens (primary N) is 2. The minimum Gasteiger partial charge on any atom is -0.494 e. The van der Waals surface area contributed by atoms with E-state index < -0.39 is 87.6 Å². The molecule has 0 saturated heterocycles. The fraction of sp³-hybridized carbons (Fsp3) is 0.192. The minimum absolute atomic E-state index is 0. The number of carbonyl (C=O) groups is 1. The molecule has 4 rings (SSSR count). The summed E-state index contributed by atoms with van der Waals surface area (Å²) in [6, 6.07) is 6.17. The second-order valence-corrected chi connectivity index (χ2v) is 15.2. The maximum atomic E-state index is 13.2. The Morgan fingerprint density at radius 2 is 1.56 bits per heavy atom. The van der Waals surface area contributed by atoms with Crippen molar-refractivity contribution in [3.63, 3.8) is 0 Å². The second-order valence-electron chi connectivity index (χ2n) is 10.3. The second kappa shape index (κ2) is 17.3. The van der Waals surface area contributed by atoms with Gasteiger partial charge in [-0.15, -0.1) is 15.3 Å². The van der Waals surface area contributed by atoms with Gasteiger partial charge in [-0.3, -0.25) is 23.3 Å². The largest absolute Gasteiger partial charge is 1.00 e. The monoisotopic (exact) mass is 838 g/mol. The summed E-state index contributed by atoms with van der Waals surface area (Å²) < 4.78 is 94.7. The molecule has 0 atom stereocenters. The van der Waals surface area contributed by atoms with Crippen molar-refractivity contribution in [2.45, 2.75) is 30.2 Å². The van der Waals surface area contributed by atoms with Crippen molar-refractivity contribution in [3.8, 4) is 5.88 Å². The number of aromatic nitrogens is 4. The molecule has 8 N–H and O–H groups in total. The first kappa shape index (κ1) is 43.9. The SMILES string of the molecule is CCn1c(O)c(C(N)=O)c(C)c(N=Nc2cc(S(=O)(=O)O)cc(N=Nc3ccc(S(=O)(=O)CCOS(=O)(=O)O)cc3)c2Nc2nc(N)nc(Cl)n2)c1=O.[Na+]. The topological polar surface area (TPSA) is 364 Å². The van der Waals surface area contributed by atoms with Crippen molar-refractivity contribution in [1.29, 1.82) is 0 Å². The molecule has 2 aromatic carbocycles. The molecule has 2 heterocycles. The Hall–Kier alpha value is -4.51. The average Bonchev–Trinajstić information content (AvgIpc) is 3.03. The number of carbonyl (C=O) groups excluding carboxylic acids is 1. The molecule has 0 fully saturated rings. The van der Waals surface area contributed by atoms with Crippen LogP contribution in [0.15, 0.2) is 71.4 Å². The number of hydrogen-bond donors (Lipinski definition) is 6. The molecule has 0 radical (unpaired) electrons. The standard InChI is InChI=1S/C26H26ClN11O12S3.Na/c1-3-38-22(40)18(21(28)39)12(2)19(23(38)41)37-36-17-11-15(52(44,45)46)10-16(20(17)30-26-32-24(27)31-25(29)33-26)35-34-13-4-6-14(7-5-13)51(42,43)9-8-50-53(47,48)49;/h4-7,10-11,40H,3,8-9H2,1-2H3,(H2,28,39)(H,44,45,46)(H,47,48,49)(H3,29,30,31,32,33);/q;+1. The van der Waals surface area contributed by atoms with Gasteiger partial charge in [0.15, 0.2) is 15.5 Å². The molecule has 2 aromatic heterocycles. The van der Waals surface area contributed by atoms with Crippen molar-refractivity contribution in [3.05, 3.63) is 63.2 Å². The Balaban J connectivity index is 0.00000784. The van der Waals surface area contributed by atoms with Crippen molar-refractivity contribution < 1.29 is 78.0 Å². The molecular formula is C26H26ClN11NaO12S3+. The first-order valence-electron chi connectivity index (χ1n) is 14.2. The van der Waals surface area contributed by atoms with E-state index in [9.17, 15) is 44.5 Å². The van der Waals surface area contributed by atoms with Crippen LogP contribution in [-0.2, 0) is 41.1 Å². The number of anilines is 3. The van der Waals surface area contributed by atoms with E-state index in [1.807, 2.05) is 0 Å². The van der Waals surface area contributed by atoms with Gasteiger partial charge in [0.2, 0.25) is 23.1 Å². The van der Waals surface area contributed by atoms with Gasteiger partial charge < -0.3 is 21.9 Å². The zero-order chi connectivity index (χ0) is 39.5. The molecule has 282 valence electrons. The number of sulfone groups is 1. The van der Waals surface area contributed by atoms with Crippen molar-refractivity contribution in [2.24, 2.45) is 26.2 Å². The van der Waals surface area contributed by atoms with Gasteiger partial charge in [-0.05, 0) is 61.8 Å². The number of nitrogens with zero attached hydrogens (tertiary/aromatic N) is 8. The zero-order valence-corrected chi connectivity index (χ0v) is 33.1. The summed E-state index contributed by atoms with van der Waals surface area (Å²) in [6.07, 6.45) is 0. The molecule has 0 aliphatic carbocycles. The molecule has 1 amide bonds. The van der Waals surface area contributed by atoms with E-state index in [1.54, 1.807) is 0 Å². The smallest absolute Gasteiger partial charge is 0.494 e. The molecule has 0 bridgehead atoms. The summed E-state index contributed by atoms with van der Waals surface area (Å²) >= 11 is 5.91. The van der Waals surface area contributed by atoms with E-state index in [4.69, 9.17) is 27.6 Å². The van der Waals surface area contributed by atoms with Crippen LogP contribution in [0.25, 0.3) is 0 Å². The number of pyridine rings is 1. The summed E-state index contributed by atoms with van der Waals surface area (Å²) in [7, 11) is -14.0. The number of rotatable bonds is 14.